The molecule has 2 aromatic rings. The molecule has 8 nitrogen and oxygen atoms in total. The summed E-state index contributed by atoms with van der Waals surface area (Å²) in [5, 5.41) is 2.79. The lowest BCUT2D eigenvalue weighted by atomic mass is 10.1. The van der Waals surface area contributed by atoms with Gasteiger partial charge in [0.25, 0.3) is 0 Å². The minimum Gasteiger partial charge on any atom is -0.355 e. The van der Waals surface area contributed by atoms with E-state index in [4.69, 9.17) is 0 Å². The molecule has 0 bridgehead atoms. The Morgan fingerprint density at radius 2 is 1.81 bits per heavy atom. The molecule has 1 atom stereocenters. The predicted octanol–water partition coefficient (Wildman–Crippen LogP) is 1.43. The molecule has 0 spiro atoms. The van der Waals surface area contributed by atoms with Gasteiger partial charge in [-0.15, -0.1) is 0 Å². The Labute approximate surface area is 186 Å². The summed E-state index contributed by atoms with van der Waals surface area (Å²) in [7, 11) is 0. The van der Waals surface area contributed by atoms with E-state index in [1.165, 1.54) is 29.2 Å². The summed E-state index contributed by atoms with van der Waals surface area (Å²) in [6.45, 7) is 3.16. The molecule has 9 heteroatoms. The third-order valence-electron chi connectivity index (χ3n) is 5.88. The monoisotopic (exact) mass is 439 g/mol. The van der Waals surface area contributed by atoms with Gasteiger partial charge < -0.3 is 20.0 Å². The lowest BCUT2D eigenvalue weighted by molar-refractivity contribution is -0.131. The van der Waals surface area contributed by atoms with Gasteiger partial charge in [0.15, 0.2) is 0 Å². The van der Waals surface area contributed by atoms with Crippen molar-refractivity contribution in [2.75, 3.05) is 49.1 Å². The van der Waals surface area contributed by atoms with Crippen LogP contribution >= 0.6 is 0 Å². The van der Waals surface area contributed by atoms with Crippen LogP contribution in [0.2, 0.25) is 0 Å². The molecular formula is C23H26FN5O3. The van der Waals surface area contributed by atoms with Crippen molar-refractivity contribution in [3.8, 4) is 0 Å². The van der Waals surface area contributed by atoms with E-state index in [0.717, 1.165) is 18.9 Å². The topological polar surface area (TPSA) is 85.9 Å². The molecule has 2 saturated heterocycles. The molecule has 32 heavy (non-hydrogen) atoms. The molecule has 0 saturated carbocycles. The van der Waals surface area contributed by atoms with E-state index in [1.54, 1.807) is 11.1 Å². The molecule has 3 amide bonds. The van der Waals surface area contributed by atoms with Crippen LogP contribution in [-0.2, 0) is 14.4 Å². The Bertz CT molecular complexity index is 961. The summed E-state index contributed by atoms with van der Waals surface area (Å²) in [5.41, 5.74) is 0.576. The molecular weight excluding hydrogens is 413 g/mol. The second-order valence-corrected chi connectivity index (χ2v) is 7.98. The first-order valence-corrected chi connectivity index (χ1v) is 10.8. The van der Waals surface area contributed by atoms with Crippen LogP contribution in [0.25, 0.3) is 0 Å². The standard InChI is InChI=1S/C23H26FN5O3/c24-18-4-6-19(7-5-18)29-16-17(15-22(29)31)23(32)26-10-8-21(30)28-13-11-27(12-14-28)20-3-1-2-9-25-20/h1-7,9,17H,8,10-16H2,(H,26,32)/t17-/m1/s1. The summed E-state index contributed by atoms with van der Waals surface area (Å²) in [6, 6.07) is 11.4. The molecule has 0 radical (unpaired) electrons. The Morgan fingerprint density at radius 1 is 1.06 bits per heavy atom. The number of amides is 3. The van der Waals surface area contributed by atoms with Gasteiger partial charge in [0.05, 0.1) is 5.92 Å². The van der Waals surface area contributed by atoms with E-state index in [1.807, 2.05) is 18.2 Å². The summed E-state index contributed by atoms with van der Waals surface area (Å²) >= 11 is 0. The third kappa shape index (κ3) is 5.04. The number of nitrogens with zero attached hydrogens (tertiary/aromatic N) is 4. The number of carbonyl (C=O) groups is 3. The van der Waals surface area contributed by atoms with E-state index < -0.39 is 5.92 Å². The van der Waals surface area contributed by atoms with Crippen molar-refractivity contribution in [1.82, 2.24) is 15.2 Å². The van der Waals surface area contributed by atoms with Gasteiger partial charge in [-0.05, 0) is 36.4 Å². The lowest BCUT2D eigenvalue weighted by Gasteiger charge is -2.35. The highest BCUT2D eigenvalue weighted by Crippen LogP contribution is 2.25. The molecule has 3 heterocycles. The number of halogens is 1. The molecule has 1 N–H and O–H groups in total. The highest BCUT2D eigenvalue weighted by Gasteiger charge is 2.35. The molecule has 2 aliphatic rings. The number of hydrogen-bond acceptors (Lipinski definition) is 5. The van der Waals surface area contributed by atoms with Crippen LogP contribution in [0, 0.1) is 11.7 Å². The number of aromatic nitrogens is 1. The smallest absolute Gasteiger partial charge is 0.227 e. The Balaban J connectivity index is 1.19. The maximum atomic E-state index is 13.1. The van der Waals surface area contributed by atoms with Crippen LogP contribution in [0.3, 0.4) is 0 Å². The van der Waals surface area contributed by atoms with Crippen molar-refractivity contribution in [3.05, 3.63) is 54.5 Å². The average molecular weight is 439 g/mol. The van der Waals surface area contributed by atoms with Gasteiger partial charge in [0.2, 0.25) is 17.7 Å². The number of nitrogens with one attached hydrogen (secondary N) is 1. The van der Waals surface area contributed by atoms with Gasteiger partial charge in [-0.1, -0.05) is 6.07 Å². The normalized spacial score (nSPS) is 18.7. The number of hydrogen-bond donors (Lipinski definition) is 1. The SMILES string of the molecule is O=C(NCCC(=O)N1CCN(c2ccccn2)CC1)[C@@H]1CC(=O)N(c2ccc(F)cc2)C1. The first-order chi connectivity index (χ1) is 15.5. The third-order valence-corrected chi connectivity index (χ3v) is 5.88. The predicted molar refractivity (Wildman–Crippen MR) is 118 cm³/mol. The first kappa shape index (κ1) is 21.7. The molecule has 2 fully saturated rings. The number of rotatable bonds is 6. The van der Waals surface area contributed by atoms with Crippen molar-refractivity contribution in [2.45, 2.75) is 12.8 Å². The molecule has 4 rings (SSSR count). The molecule has 1 aromatic carbocycles. The van der Waals surface area contributed by atoms with Crippen molar-refractivity contribution in [2.24, 2.45) is 5.92 Å². The van der Waals surface area contributed by atoms with E-state index >= 15 is 0 Å². The summed E-state index contributed by atoms with van der Waals surface area (Å²) in [5.74, 6) is -0.356. The number of pyridine rings is 1. The van der Waals surface area contributed by atoms with Crippen LogP contribution in [0.15, 0.2) is 48.7 Å². The molecule has 1 aromatic heterocycles. The van der Waals surface area contributed by atoms with Crippen molar-refractivity contribution < 1.29 is 18.8 Å². The van der Waals surface area contributed by atoms with E-state index in [9.17, 15) is 18.8 Å². The van der Waals surface area contributed by atoms with Crippen molar-refractivity contribution >= 4 is 29.2 Å². The molecule has 0 aliphatic carbocycles. The fourth-order valence-electron chi connectivity index (χ4n) is 4.07. The largest absolute Gasteiger partial charge is 0.355 e. The van der Waals surface area contributed by atoms with Crippen LogP contribution < -0.4 is 15.1 Å². The van der Waals surface area contributed by atoms with Gasteiger partial charge in [0.1, 0.15) is 11.6 Å². The molecule has 2 aliphatic heterocycles. The fourth-order valence-corrected chi connectivity index (χ4v) is 4.07. The van der Waals surface area contributed by atoms with E-state index in [2.05, 4.69) is 15.2 Å². The number of piperazine rings is 1. The quantitative estimate of drug-likeness (QED) is 0.736. The minimum atomic E-state index is -0.482. The summed E-state index contributed by atoms with van der Waals surface area (Å²) in [6.07, 6.45) is 2.08. The number of carbonyl (C=O) groups excluding carboxylic acids is 3. The van der Waals surface area contributed by atoms with Gasteiger partial charge >= 0.3 is 0 Å². The summed E-state index contributed by atoms with van der Waals surface area (Å²) < 4.78 is 13.1. The van der Waals surface area contributed by atoms with Crippen LogP contribution in [0.1, 0.15) is 12.8 Å². The first-order valence-electron chi connectivity index (χ1n) is 10.8. The van der Waals surface area contributed by atoms with Crippen LogP contribution in [0.4, 0.5) is 15.9 Å². The van der Waals surface area contributed by atoms with Gasteiger partial charge in [0, 0.05) is 64.0 Å². The zero-order valence-corrected chi connectivity index (χ0v) is 17.7. The Hall–Kier alpha value is -3.49. The maximum Gasteiger partial charge on any atom is 0.227 e. The Kier molecular flexibility index (Phi) is 6.63. The molecule has 0 unspecified atom stereocenters. The fraction of sp³-hybridized carbons (Fsp3) is 0.391. The highest BCUT2D eigenvalue weighted by molar-refractivity contribution is 6.00. The van der Waals surface area contributed by atoms with E-state index in [0.29, 0.717) is 18.8 Å². The van der Waals surface area contributed by atoms with Gasteiger partial charge in [-0.25, -0.2) is 9.37 Å². The van der Waals surface area contributed by atoms with Crippen LogP contribution in [-0.4, -0.2) is 66.9 Å². The number of anilines is 2. The average Bonchev–Trinajstić information content (AvgIpc) is 3.22. The lowest BCUT2D eigenvalue weighted by Crippen LogP contribution is -2.49. The van der Waals surface area contributed by atoms with Gasteiger partial charge in [-0.2, -0.15) is 0 Å². The van der Waals surface area contributed by atoms with Gasteiger partial charge in [-0.3, -0.25) is 14.4 Å². The second-order valence-electron chi connectivity index (χ2n) is 7.98. The highest BCUT2D eigenvalue weighted by atomic mass is 19.1. The zero-order valence-electron chi connectivity index (χ0n) is 17.7. The Morgan fingerprint density at radius 3 is 2.50 bits per heavy atom. The zero-order chi connectivity index (χ0) is 22.5. The molecule has 168 valence electrons. The maximum absolute atomic E-state index is 13.1. The summed E-state index contributed by atoms with van der Waals surface area (Å²) in [4.78, 5) is 47.1. The van der Waals surface area contributed by atoms with Crippen LogP contribution in [0.5, 0.6) is 0 Å². The minimum absolute atomic E-state index is 0.00130. The second kappa shape index (κ2) is 9.76. The number of benzene rings is 1. The van der Waals surface area contributed by atoms with Crippen molar-refractivity contribution in [1.29, 1.82) is 0 Å². The van der Waals surface area contributed by atoms with E-state index in [-0.39, 0.29) is 49.5 Å². The van der Waals surface area contributed by atoms with Crippen molar-refractivity contribution in [3.63, 3.8) is 0 Å².